The number of nitrogens with zero attached hydrogens (tertiary/aromatic N) is 1. The van der Waals surface area contributed by atoms with Crippen molar-refractivity contribution in [1.29, 1.82) is 0 Å². The van der Waals surface area contributed by atoms with Crippen molar-refractivity contribution in [2.24, 2.45) is 0 Å². The van der Waals surface area contributed by atoms with Crippen LogP contribution in [0.4, 0.5) is 10.5 Å². The van der Waals surface area contributed by atoms with Gasteiger partial charge in [0.25, 0.3) is 11.1 Å². The fraction of sp³-hybridized carbons (Fsp3) is 0.111. The Labute approximate surface area is 153 Å². The van der Waals surface area contributed by atoms with Crippen LogP contribution in [0.3, 0.4) is 0 Å². The van der Waals surface area contributed by atoms with Gasteiger partial charge in [0.15, 0.2) is 11.5 Å². The van der Waals surface area contributed by atoms with Crippen LogP contribution >= 0.6 is 23.4 Å². The SMILES string of the molecule is Cc1cc2c(cc1/C=C1/SC(=O)N(c3ccc(Cl)cc3)C1=O)OCO2. The van der Waals surface area contributed by atoms with Crippen molar-refractivity contribution in [2.75, 3.05) is 11.7 Å². The smallest absolute Gasteiger partial charge is 0.298 e. The minimum absolute atomic E-state index is 0.186. The van der Waals surface area contributed by atoms with E-state index in [9.17, 15) is 9.59 Å². The first-order chi connectivity index (χ1) is 12.0. The third-order valence-corrected chi connectivity index (χ3v) is 5.05. The Balaban J connectivity index is 1.68. The van der Waals surface area contributed by atoms with E-state index >= 15 is 0 Å². The first-order valence-corrected chi connectivity index (χ1v) is 8.66. The average Bonchev–Trinajstić information content (AvgIpc) is 3.13. The third kappa shape index (κ3) is 2.88. The Kier molecular flexibility index (Phi) is 3.94. The molecule has 0 saturated carbocycles. The number of imide groups is 1. The fourth-order valence-corrected chi connectivity index (χ4v) is 3.59. The van der Waals surface area contributed by atoms with Gasteiger partial charge in [-0.25, -0.2) is 4.90 Å². The highest BCUT2D eigenvalue weighted by atomic mass is 35.5. The summed E-state index contributed by atoms with van der Waals surface area (Å²) in [5.74, 6) is 0.965. The number of rotatable bonds is 2. The number of carbonyl (C=O) groups is 2. The molecule has 1 saturated heterocycles. The summed E-state index contributed by atoms with van der Waals surface area (Å²) < 4.78 is 10.7. The van der Waals surface area contributed by atoms with Crippen LogP contribution in [-0.4, -0.2) is 17.9 Å². The summed E-state index contributed by atoms with van der Waals surface area (Å²) >= 11 is 6.78. The van der Waals surface area contributed by atoms with Crippen molar-refractivity contribution in [1.82, 2.24) is 0 Å². The van der Waals surface area contributed by atoms with Gasteiger partial charge in [-0.15, -0.1) is 0 Å². The molecule has 0 unspecified atom stereocenters. The molecule has 2 aliphatic heterocycles. The maximum atomic E-state index is 12.7. The van der Waals surface area contributed by atoms with Crippen LogP contribution in [0, 0.1) is 6.92 Å². The highest BCUT2D eigenvalue weighted by Gasteiger charge is 2.36. The molecular weight excluding hydrogens is 362 g/mol. The number of amides is 2. The molecule has 2 amide bonds. The molecule has 0 aromatic heterocycles. The van der Waals surface area contributed by atoms with Gasteiger partial charge in [0.1, 0.15) is 0 Å². The molecule has 126 valence electrons. The van der Waals surface area contributed by atoms with Gasteiger partial charge in [-0.1, -0.05) is 11.6 Å². The average molecular weight is 374 g/mol. The molecule has 0 bridgehead atoms. The number of ether oxygens (including phenoxy) is 2. The lowest BCUT2D eigenvalue weighted by Crippen LogP contribution is -2.27. The molecule has 0 spiro atoms. The standard InChI is InChI=1S/C18H12ClNO4S/c1-10-6-14-15(24-9-23-14)7-11(10)8-16-17(21)20(18(22)25-16)13-4-2-12(19)3-5-13/h2-8H,9H2,1H3/b16-8+. The van der Waals surface area contributed by atoms with Gasteiger partial charge in [-0.05, 0) is 72.3 Å². The van der Waals surface area contributed by atoms with E-state index in [0.29, 0.717) is 27.1 Å². The van der Waals surface area contributed by atoms with E-state index in [1.807, 2.05) is 19.1 Å². The van der Waals surface area contributed by atoms with E-state index in [0.717, 1.165) is 27.8 Å². The van der Waals surface area contributed by atoms with Crippen LogP contribution in [0.2, 0.25) is 5.02 Å². The summed E-state index contributed by atoms with van der Waals surface area (Å²) in [6.45, 7) is 2.10. The lowest BCUT2D eigenvalue weighted by atomic mass is 10.1. The highest BCUT2D eigenvalue weighted by molar-refractivity contribution is 8.19. The molecule has 0 N–H and O–H groups in total. The molecular formula is C18H12ClNO4S. The van der Waals surface area contributed by atoms with Crippen molar-refractivity contribution in [3.63, 3.8) is 0 Å². The molecule has 2 heterocycles. The van der Waals surface area contributed by atoms with Gasteiger partial charge in [0, 0.05) is 5.02 Å². The van der Waals surface area contributed by atoms with E-state index < -0.39 is 0 Å². The van der Waals surface area contributed by atoms with Crippen molar-refractivity contribution >= 4 is 46.3 Å². The van der Waals surface area contributed by atoms with Crippen LogP contribution < -0.4 is 14.4 Å². The van der Waals surface area contributed by atoms with Gasteiger partial charge in [0.2, 0.25) is 6.79 Å². The molecule has 2 aliphatic rings. The molecule has 0 atom stereocenters. The van der Waals surface area contributed by atoms with Crippen molar-refractivity contribution in [3.8, 4) is 11.5 Å². The van der Waals surface area contributed by atoms with E-state index in [-0.39, 0.29) is 17.9 Å². The third-order valence-electron chi connectivity index (χ3n) is 3.93. The molecule has 7 heteroatoms. The van der Waals surface area contributed by atoms with Gasteiger partial charge >= 0.3 is 0 Å². The predicted octanol–water partition coefficient (Wildman–Crippen LogP) is 4.62. The van der Waals surface area contributed by atoms with Gasteiger partial charge in [-0.3, -0.25) is 9.59 Å². The van der Waals surface area contributed by atoms with E-state index in [1.54, 1.807) is 30.3 Å². The number of hydrogen-bond acceptors (Lipinski definition) is 5. The molecule has 2 aromatic carbocycles. The van der Waals surface area contributed by atoms with Crippen molar-refractivity contribution in [3.05, 3.63) is 57.5 Å². The normalized spacial score (nSPS) is 17.7. The second-order valence-corrected chi connectivity index (χ2v) is 6.99. The van der Waals surface area contributed by atoms with Gasteiger partial charge < -0.3 is 9.47 Å². The topological polar surface area (TPSA) is 55.8 Å². The zero-order chi connectivity index (χ0) is 17.6. The Morgan fingerprint density at radius 3 is 2.52 bits per heavy atom. The Morgan fingerprint density at radius 2 is 1.80 bits per heavy atom. The van der Waals surface area contributed by atoms with Gasteiger partial charge in [0.05, 0.1) is 10.6 Å². The summed E-state index contributed by atoms with van der Waals surface area (Å²) in [4.78, 5) is 26.5. The van der Waals surface area contributed by atoms with Crippen LogP contribution in [0.5, 0.6) is 11.5 Å². The minimum atomic E-state index is -0.352. The summed E-state index contributed by atoms with van der Waals surface area (Å²) in [5, 5.41) is 0.208. The molecule has 5 nitrogen and oxygen atoms in total. The molecule has 4 rings (SSSR count). The maximum absolute atomic E-state index is 12.7. The number of anilines is 1. The molecule has 0 radical (unpaired) electrons. The molecule has 0 aliphatic carbocycles. The van der Waals surface area contributed by atoms with Crippen LogP contribution in [0.1, 0.15) is 11.1 Å². The number of carbonyl (C=O) groups excluding carboxylic acids is 2. The summed E-state index contributed by atoms with van der Waals surface area (Å²) in [7, 11) is 0. The zero-order valence-corrected chi connectivity index (χ0v) is 14.7. The summed E-state index contributed by atoms with van der Waals surface area (Å²) in [6, 6.07) is 10.3. The fourth-order valence-electron chi connectivity index (χ4n) is 2.64. The van der Waals surface area contributed by atoms with Crippen molar-refractivity contribution < 1.29 is 19.1 Å². The lowest BCUT2D eigenvalue weighted by Gasteiger charge is -2.12. The Bertz CT molecular complexity index is 923. The summed E-state index contributed by atoms with van der Waals surface area (Å²) in [6.07, 6.45) is 1.71. The summed E-state index contributed by atoms with van der Waals surface area (Å²) in [5.41, 5.74) is 2.24. The van der Waals surface area contributed by atoms with E-state index in [1.165, 1.54) is 0 Å². The highest BCUT2D eigenvalue weighted by Crippen LogP contribution is 2.39. The Hall–Kier alpha value is -2.44. The number of halogens is 1. The minimum Gasteiger partial charge on any atom is -0.454 e. The zero-order valence-electron chi connectivity index (χ0n) is 13.1. The predicted molar refractivity (Wildman–Crippen MR) is 97.2 cm³/mol. The maximum Gasteiger partial charge on any atom is 0.298 e. The molecule has 2 aromatic rings. The van der Waals surface area contributed by atoms with Gasteiger partial charge in [-0.2, -0.15) is 0 Å². The van der Waals surface area contributed by atoms with E-state index in [2.05, 4.69) is 0 Å². The van der Waals surface area contributed by atoms with E-state index in [4.69, 9.17) is 21.1 Å². The largest absolute Gasteiger partial charge is 0.454 e. The van der Waals surface area contributed by atoms with Crippen LogP contribution in [0.15, 0.2) is 41.3 Å². The number of aryl methyl sites for hydroxylation is 1. The van der Waals surface area contributed by atoms with Crippen molar-refractivity contribution in [2.45, 2.75) is 6.92 Å². The molecule has 25 heavy (non-hydrogen) atoms. The number of hydrogen-bond donors (Lipinski definition) is 0. The number of thioether (sulfide) groups is 1. The Morgan fingerprint density at radius 1 is 1.12 bits per heavy atom. The monoisotopic (exact) mass is 373 g/mol. The molecule has 1 fully saturated rings. The van der Waals surface area contributed by atoms with Crippen LogP contribution in [-0.2, 0) is 4.79 Å². The second kappa shape index (κ2) is 6.13. The second-order valence-electron chi connectivity index (χ2n) is 5.56. The lowest BCUT2D eigenvalue weighted by molar-refractivity contribution is -0.113. The first kappa shape index (κ1) is 16.1. The number of fused-ring (bicyclic) bond motifs is 1. The number of benzene rings is 2. The first-order valence-electron chi connectivity index (χ1n) is 7.47. The quantitative estimate of drug-likeness (QED) is 0.719. The van der Waals surface area contributed by atoms with Crippen LogP contribution in [0.25, 0.3) is 6.08 Å².